The van der Waals surface area contributed by atoms with Crippen molar-refractivity contribution in [1.29, 1.82) is 0 Å². The molecule has 0 amide bonds. The molecule has 4 rings (SSSR count). The Hall–Kier alpha value is -2.56. The van der Waals surface area contributed by atoms with E-state index in [4.69, 9.17) is 10.7 Å². The minimum atomic E-state index is 0.136. The molecule has 2 N–H and O–H groups in total. The molecule has 0 bridgehead atoms. The molecule has 0 saturated carbocycles. The van der Waals surface area contributed by atoms with Crippen molar-refractivity contribution in [2.75, 3.05) is 5.73 Å². The number of anilines is 1. The number of pyridine rings is 2. The highest BCUT2D eigenvalue weighted by Crippen LogP contribution is 2.38. The van der Waals surface area contributed by atoms with Gasteiger partial charge < -0.3 is 5.73 Å². The summed E-state index contributed by atoms with van der Waals surface area (Å²) in [6.07, 6.45) is 8.06. The molecule has 134 valence electrons. The van der Waals surface area contributed by atoms with Crippen molar-refractivity contribution in [1.82, 2.24) is 9.97 Å². The molecule has 2 aromatic rings. The molecular formula is C21H23N3O2. The van der Waals surface area contributed by atoms with Gasteiger partial charge in [-0.3, -0.25) is 9.59 Å². The Morgan fingerprint density at radius 3 is 2.65 bits per heavy atom. The number of aromatic nitrogens is 2. The van der Waals surface area contributed by atoms with Gasteiger partial charge in [-0.05, 0) is 66.8 Å². The van der Waals surface area contributed by atoms with Gasteiger partial charge in [-0.25, -0.2) is 9.97 Å². The van der Waals surface area contributed by atoms with Crippen LogP contribution in [0.25, 0.3) is 11.4 Å². The minimum absolute atomic E-state index is 0.136. The van der Waals surface area contributed by atoms with Gasteiger partial charge in [0.25, 0.3) is 0 Å². The Morgan fingerprint density at radius 2 is 1.88 bits per heavy atom. The normalized spacial score (nSPS) is 15.2. The summed E-state index contributed by atoms with van der Waals surface area (Å²) in [6.45, 7) is 2.18. The molecule has 0 saturated heterocycles. The average Bonchev–Trinajstić information content (AvgIpc) is 2.65. The third-order valence-electron chi connectivity index (χ3n) is 5.56. The predicted octanol–water partition coefficient (Wildman–Crippen LogP) is 3.50. The van der Waals surface area contributed by atoms with Crippen LogP contribution in [0.2, 0.25) is 0 Å². The zero-order valence-corrected chi connectivity index (χ0v) is 15.1. The highest BCUT2D eigenvalue weighted by molar-refractivity contribution is 5.98. The van der Waals surface area contributed by atoms with Crippen LogP contribution in [-0.4, -0.2) is 22.0 Å². The van der Waals surface area contributed by atoms with Crippen molar-refractivity contribution in [2.45, 2.75) is 58.3 Å². The maximum absolute atomic E-state index is 12.5. The number of nitrogens with two attached hydrogens (primary N) is 1. The molecule has 0 fully saturated rings. The Balaban J connectivity index is 1.96. The van der Waals surface area contributed by atoms with Crippen LogP contribution in [0.15, 0.2) is 6.07 Å². The molecule has 2 aromatic heterocycles. The summed E-state index contributed by atoms with van der Waals surface area (Å²) in [5.74, 6) is 0.365. The lowest BCUT2D eigenvalue weighted by atomic mass is 9.81. The van der Waals surface area contributed by atoms with Crippen molar-refractivity contribution in [3.63, 3.8) is 0 Å². The summed E-state index contributed by atoms with van der Waals surface area (Å²) in [7, 11) is 0. The first kappa shape index (κ1) is 16.9. The van der Waals surface area contributed by atoms with Gasteiger partial charge in [0.1, 0.15) is 11.5 Å². The zero-order chi connectivity index (χ0) is 18.3. The fourth-order valence-corrected chi connectivity index (χ4v) is 4.22. The number of nitrogens with zero attached hydrogens (tertiary/aromatic N) is 2. The van der Waals surface area contributed by atoms with E-state index in [-0.39, 0.29) is 11.6 Å². The second-order valence-electron chi connectivity index (χ2n) is 7.21. The lowest BCUT2D eigenvalue weighted by Crippen LogP contribution is -2.21. The van der Waals surface area contributed by atoms with E-state index in [9.17, 15) is 9.59 Å². The van der Waals surface area contributed by atoms with E-state index in [1.54, 1.807) is 0 Å². The van der Waals surface area contributed by atoms with Crippen LogP contribution in [0.3, 0.4) is 0 Å². The lowest BCUT2D eigenvalue weighted by Gasteiger charge is -2.27. The van der Waals surface area contributed by atoms with Crippen molar-refractivity contribution < 1.29 is 9.59 Å². The van der Waals surface area contributed by atoms with Crippen LogP contribution in [-0.2, 0) is 25.7 Å². The van der Waals surface area contributed by atoms with Crippen LogP contribution in [0.1, 0.15) is 75.7 Å². The number of aryl methyl sites for hydroxylation is 1. The summed E-state index contributed by atoms with van der Waals surface area (Å²) in [5, 5.41) is 0. The second-order valence-corrected chi connectivity index (χ2v) is 7.21. The zero-order valence-electron chi connectivity index (χ0n) is 15.1. The van der Waals surface area contributed by atoms with Gasteiger partial charge in [-0.1, -0.05) is 13.3 Å². The number of hydrogen-bond donors (Lipinski definition) is 1. The molecule has 26 heavy (non-hydrogen) atoms. The molecule has 2 aliphatic carbocycles. The number of unbranched alkanes of at least 4 members (excludes halogenated alkanes) is 1. The molecular weight excluding hydrogens is 326 g/mol. The Bertz CT molecular complexity index is 918. The molecule has 5 nitrogen and oxygen atoms in total. The number of Topliss-reactive ketones (excluding diaryl/α,β-unsaturated/α-hetero) is 1. The minimum Gasteiger partial charge on any atom is -0.383 e. The fraction of sp³-hybridized carbons (Fsp3) is 0.429. The Labute approximate surface area is 153 Å². The molecule has 0 unspecified atom stereocenters. The van der Waals surface area contributed by atoms with E-state index in [1.807, 2.05) is 6.07 Å². The third-order valence-corrected chi connectivity index (χ3v) is 5.56. The standard InChI is InChI=1S/C21H23N3O2/c1-2-3-5-14-15-6-4-7-17(26)19(15)23-20-16(14)9-8-12-10-13(11-25)21(22)24-18(12)20/h10-11H,2-9H2,1H3,(H2,22,24). The summed E-state index contributed by atoms with van der Waals surface area (Å²) in [4.78, 5) is 33.0. The maximum atomic E-state index is 12.5. The molecule has 5 heteroatoms. The maximum Gasteiger partial charge on any atom is 0.181 e. The first-order valence-corrected chi connectivity index (χ1v) is 9.46. The topological polar surface area (TPSA) is 85.9 Å². The first-order valence-electron chi connectivity index (χ1n) is 9.46. The summed E-state index contributed by atoms with van der Waals surface area (Å²) in [6, 6.07) is 1.82. The van der Waals surface area contributed by atoms with Crippen molar-refractivity contribution >= 4 is 17.9 Å². The van der Waals surface area contributed by atoms with Gasteiger partial charge in [0.15, 0.2) is 12.1 Å². The highest BCUT2D eigenvalue weighted by Gasteiger charge is 2.30. The lowest BCUT2D eigenvalue weighted by molar-refractivity contribution is 0.0966. The summed E-state index contributed by atoms with van der Waals surface area (Å²) < 4.78 is 0. The second kappa shape index (κ2) is 6.63. The Morgan fingerprint density at radius 1 is 1.08 bits per heavy atom. The number of hydrogen-bond acceptors (Lipinski definition) is 5. The number of aldehydes is 1. The number of carbonyl (C=O) groups excluding carboxylic acids is 2. The molecule has 2 aliphatic rings. The quantitative estimate of drug-likeness (QED) is 0.854. The van der Waals surface area contributed by atoms with E-state index in [0.717, 1.165) is 73.7 Å². The fourth-order valence-electron chi connectivity index (χ4n) is 4.22. The molecule has 0 spiro atoms. The van der Waals surface area contributed by atoms with Crippen molar-refractivity contribution in [2.24, 2.45) is 0 Å². The van der Waals surface area contributed by atoms with Gasteiger partial charge in [0, 0.05) is 6.42 Å². The van der Waals surface area contributed by atoms with Gasteiger partial charge in [0.05, 0.1) is 17.0 Å². The van der Waals surface area contributed by atoms with Gasteiger partial charge in [0.2, 0.25) is 0 Å². The van der Waals surface area contributed by atoms with E-state index >= 15 is 0 Å². The van der Waals surface area contributed by atoms with Crippen LogP contribution < -0.4 is 5.73 Å². The average molecular weight is 349 g/mol. The summed E-state index contributed by atoms with van der Waals surface area (Å²) in [5.41, 5.74) is 13.3. The smallest absolute Gasteiger partial charge is 0.181 e. The van der Waals surface area contributed by atoms with Crippen molar-refractivity contribution in [3.8, 4) is 11.4 Å². The largest absolute Gasteiger partial charge is 0.383 e. The van der Waals surface area contributed by atoms with E-state index < -0.39 is 0 Å². The molecule has 0 aliphatic heterocycles. The number of nitrogen functional groups attached to an aromatic ring is 1. The van der Waals surface area contributed by atoms with E-state index in [0.29, 0.717) is 17.7 Å². The van der Waals surface area contributed by atoms with E-state index in [2.05, 4.69) is 11.9 Å². The number of fused-ring (bicyclic) bond motifs is 4. The Kier molecular flexibility index (Phi) is 4.31. The van der Waals surface area contributed by atoms with E-state index in [1.165, 1.54) is 11.1 Å². The number of rotatable bonds is 4. The van der Waals surface area contributed by atoms with Gasteiger partial charge >= 0.3 is 0 Å². The monoisotopic (exact) mass is 349 g/mol. The third kappa shape index (κ3) is 2.62. The van der Waals surface area contributed by atoms with Gasteiger partial charge in [-0.2, -0.15) is 0 Å². The van der Waals surface area contributed by atoms with Crippen LogP contribution in [0.5, 0.6) is 0 Å². The number of ketones is 1. The molecule has 2 heterocycles. The SMILES string of the molecule is CCCCc1c2c(nc3c1CCc1cc(C=O)c(N)nc1-3)C(=O)CCC2. The van der Waals surface area contributed by atoms with Gasteiger partial charge in [-0.15, -0.1) is 0 Å². The molecule has 0 atom stereocenters. The number of carbonyl (C=O) groups is 2. The predicted molar refractivity (Wildman–Crippen MR) is 101 cm³/mol. The highest BCUT2D eigenvalue weighted by atomic mass is 16.1. The van der Waals surface area contributed by atoms with Crippen LogP contribution in [0, 0.1) is 0 Å². The molecule has 0 aromatic carbocycles. The van der Waals surface area contributed by atoms with Crippen LogP contribution >= 0.6 is 0 Å². The van der Waals surface area contributed by atoms with Crippen LogP contribution in [0.4, 0.5) is 5.82 Å². The molecule has 0 radical (unpaired) electrons. The van der Waals surface area contributed by atoms with Crippen molar-refractivity contribution in [3.05, 3.63) is 39.6 Å². The summed E-state index contributed by atoms with van der Waals surface area (Å²) >= 11 is 0. The first-order chi connectivity index (χ1) is 12.6.